The lowest BCUT2D eigenvalue weighted by Gasteiger charge is -2.43. The number of aliphatic hydroxyl groups excluding tert-OH is 4. The van der Waals surface area contributed by atoms with Gasteiger partial charge in [-0.1, -0.05) is 6.92 Å². The van der Waals surface area contributed by atoms with Crippen LogP contribution >= 0.6 is 0 Å². The van der Waals surface area contributed by atoms with Crippen LogP contribution in [-0.2, 0) is 19.0 Å². The lowest BCUT2D eigenvalue weighted by atomic mass is 9.83. The van der Waals surface area contributed by atoms with Gasteiger partial charge in [-0.25, -0.2) is 4.79 Å². The largest absolute Gasteiger partial charge is 0.478 e. The molecule has 0 spiro atoms. The lowest BCUT2D eigenvalue weighted by molar-refractivity contribution is -0.342. The number of carboxylic acid groups (broad SMARTS) is 1. The molecule has 1 saturated carbocycles. The third kappa shape index (κ3) is 3.27. The van der Waals surface area contributed by atoms with Crippen LogP contribution < -0.4 is 0 Å². The topological polar surface area (TPSA) is 146 Å². The van der Waals surface area contributed by atoms with Gasteiger partial charge < -0.3 is 39.7 Å². The normalized spacial score (nSPS) is 46.9. The minimum atomic E-state index is -1.54. The zero-order chi connectivity index (χ0) is 18.3. The van der Waals surface area contributed by atoms with Crippen molar-refractivity contribution >= 4 is 5.97 Å². The Morgan fingerprint density at radius 3 is 2.56 bits per heavy atom. The number of hydrogen-bond donors (Lipinski definition) is 5. The molecule has 0 amide bonds. The van der Waals surface area contributed by atoms with Gasteiger partial charge in [-0.3, -0.25) is 0 Å². The Morgan fingerprint density at radius 2 is 1.92 bits per heavy atom. The van der Waals surface area contributed by atoms with Crippen LogP contribution in [0.1, 0.15) is 19.8 Å². The number of hydrogen-bond acceptors (Lipinski definition) is 8. The third-order valence-electron chi connectivity index (χ3n) is 5.46. The quantitative estimate of drug-likeness (QED) is 0.417. The fraction of sp³-hybridized carbons (Fsp3) is 0.812. The zero-order valence-electron chi connectivity index (χ0n) is 13.8. The number of fused-ring (bicyclic) bond motifs is 1. The van der Waals surface area contributed by atoms with Gasteiger partial charge in [-0.2, -0.15) is 0 Å². The maximum absolute atomic E-state index is 11.4. The number of carboxylic acids is 1. The number of aliphatic hydroxyl groups is 4. The van der Waals surface area contributed by atoms with Crippen LogP contribution in [0.5, 0.6) is 0 Å². The molecule has 2 heterocycles. The summed E-state index contributed by atoms with van der Waals surface area (Å²) < 4.78 is 16.5. The Hall–Kier alpha value is -1.23. The highest BCUT2D eigenvalue weighted by atomic mass is 16.8. The highest BCUT2D eigenvalue weighted by Gasteiger charge is 2.50. The van der Waals surface area contributed by atoms with E-state index in [4.69, 9.17) is 14.2 Å². The summed E-state index contributed by atoms with van der Waals surface area (Å²) in [6, 6.07) is 0. The second kappa shape index (κ2) is 7.18. The van der Waals surface area contributed by atoms with Crippen molar-refractivity contribution in [2.75, 3.05) is 6.61 Å². The lowest BCUT2D eigenvalue weighted by Crippen LogP contribution is -2.60. The molecule has 1 saturated heterocycles. The first-order valence-electron chi connectivity index (χ1n) is 8.40. The summed E-state index contributed by atoms with van der Waals surface area (Å²) in [4.78, 5) is 11.4. The standard InChI is InChI=1S/C16H24O9/c1-6-2-3-7-8(14(21)22)5-23-15(10(6)7)25-16-13(20)12(19)11(18)9(4-17)24-16/h5-7,9-13,15-20H,2-4H2,1H3,(H,21,22)/t6-,7-,9-,10-,11-,12+,13-,15+,16+/m1/s1. The molecule has 9 atom stereocenters. The minimum absolute atomic E-state index is 0.142. The van der Waals surface area contributed by atoms with Crippen LogP contribution in [0.15, 0.2) is 11.8 Å². The smallest absolute Gasteiger partial charge is 0.334 e. The van der Waals surface area contributed by atoms with Gasteiger partial charge in [0.1, 0.15) is 24.4 Å². The van der Waals surface area contributed by atoms with Crippen molar-refractivity contribution in [1.82, 2.24) is 0 Å². The first kappa shape index (κ1) is 18.6. The number of rotatable bonds is 4. The molecule has 0 aromatic rings. The third-order valence-corrected chi connectivity index (χ3v) is 5.46. The first-order valence-corrected chi connectivity index (χ1v) is 8.40. The van der Waals surface area contributed by atoms with Gasteiger partial charge >= 0.3 is 5.97 Å². The Kier molecular flexibility index (Phi) is 5.33. The molecule has 0 aromatic carbocycles. The Morgan fingerprint density at radius 1 is 1.20 bits per heavy atom. The summed E-state index contributed by atoms with van der Waals surface area (Å²) >= 11 is 0. The van der Waals surface area contributed by atoms with E-state index in [1.54, 1.807) is 0 Å². The van der Waals surface area contributed by atoms with E-state index < -0.39 is 49.6 Å². The predicted molar refractivity (Wildman–Crippen MR) is 80.8 cm³/mol. The SMILES string of the molecule is C[C@@H]1CC[C@@H]2C(C(=O)O)=CO[C@@H](O[C@@H]3O[C@H](CO)[C@@H](O)[C@H](O)[C@H]3O)[C@H]12. The number of ether oxygens (including phenoxy) is 3. The summed E-state index contributed by atoms with van der Waals surface area (Å²) in [5, 5.41) is 48.3. The van der Waals surface area contributed by atoms with Crippen molar-refractivity contribution in [3.05, 3.63) is 11.8 Å². The molecule has 9 heteroatoms. The Labute approximate surface area is 144 Å². The molecule has 0 radical (unpaired) electrons. The molecule has 5 N–H and O–H groups in total. The van der Waals surface area contributed by atoms with E-state index in [2.05, 4.69) is 0 Å². The number of aliphatic carboxylic acids is 1. The Balaban J connectivity index is 1.77. The average Bonchev–Trinajstić information content (AvgIpc) is 2.97. The van der Waals surface area contributed by atoms with Gasteiger partial charge in [-0.15, -0.1) is 0 Å². The molecule has 0 aromatic heterocycles. The summed E-state index contributed by atoms with van der Waals surface area (Å²) in [5.41, 5.74) is 0.197. The van der Waals surface area contributed by atoms with Gasteiger partial charge in [0.15, 0.2) is 6.29 Å². The highest BCUT2D eigenvalue weighted by Crippen LogP contribution is 2.47. The molecule has 1 aliphatic carbocycles. The van der Waals surface area contributed by atoms with E-state index in [-0.39, 0.29) is 23.3 Å². The first-order chi connectivity index (χ1) is 11.8. The van der Waals surface area contributed by atoms with Gasteiger partial charge in [0.05, 0.1) is 18.4 Å². The van der Waals surface area contributed by atoms with Crippen molar-refractivity contribution in [1.29, 1.82) is 0 Å². The minimum Gasteiger partial charge on any atom is -0.478 e. The molecule has 2 aliphatic heterocycles. The van der Waals surface area contributed by atoms with Crippen molar-refractivity contribution in [3.8, 4) is 0 Å². The molecule has 25 heavy (non-hydrogen) atoms. The van der Waals surface area contributed by atoms with Crippen molar-refractivity contribution < 1.29 is 44.5 Å². The Bertz CT molecular complexity index is 534. The van der Waals surface area contributed by atoms with Crippen LogP contribution in [-0.4, -0.2) is 75.1 Å². The summed E-state index contributed by atoms with van der Waals surface area (Å²) in [7, 11) is 0. The summed E-state index contributed by atoms with van der Waals surface area (Å²) in [5.74, 6) is -1.35. The second-order valence-corrected chi connectivity index (χ2v) is 6.95. The molecule has 9 nitrogen and oxygen atoms in total. The fourth-order valence-electron chi connectivity index (χ4n) is 4.01. The fourth-order valence-corrected chi connectivity index (χ4v) is 4.01. The molecule has 0 unspecified atom stereocenters. The van der Waals surface area contributed by atoms with E-state index in [0.29, 0.717) is 6.42 Å². The van der Waals surface area contributed by atoms with Crippen LogP contribution in [0, 0.1) is 17.8 Å². The van der Waals surface area contributed by atoms with Crippen molar-refractivity contribution in [2.24, 2.45) is 17.8 Å². The van der Waals surface area contributed by atoms with Gasteiger partial charge in [0, 0.05) is 11.8 Å². The maximum atomic E-state index is 11.4. The molecular formula is C16H24O9. The van der Waals surface area contributed by atoms with E-state index >= 15 is 0 Å². The van der Waals surface area contributed by atoms with Crippen LogP contribution in [0.3, 0.4) is 0 Å². The van der Waals surface area contributed by atoms with E-state index in [1.807, 2.05) is 6.92 Å². The van der Waals surface area contributed by atoms with Crippen LogP contribution in [0.4, 0.5) is 0 Å². The van der Waals surface area contributed by atoms with E-state index in [1.165, 1.54) is 0 Å². The predicted octanol–water partition coefficient (Wildman–Crippen LogP) is -1.21. The van der Waals surface area contributed by atoms with E-state index in [0.717, 1.165) is 12.7 Å². The highest BCUT2D eigenvalue weighted by molar-refractivity contribution is 5.87. The molecule has 2 fully saturated rings. The van der Waals surface area contributed by atoms with Gasteiger partial charge in [0.2, 0.25) is 6.29 Å². The average molecular weight is 360 g/mol. The maximum Gasteiger partial charge on any atom is 0.334 e. The zero-order valence-corrected chi connectivity index (χ0v) is 13.8. The molecule has 3 aliphatic rings. The second-order valence-electron chi connectivity index (χ2n) is 6.95. The molecule has 0 bridgehead atoms. The molecular weight excluding hydrogens is 336 g/mol. The van der Waals surface area contributed by atoms with Crippen molar-refractivity contribution in [3.63, 3.8) is 0 Å². The molecule has 3 rings (SSSR count). The van der Waals surface area contributed by atoms with Crippen molar-refractivity contribution in [2.45, 2.75) is 56.8 Å². The monoisotopic (exact) mass is 360 g/mol. The van der Waals surface area contributed by atoms with Gasteiger partial charge in [-0.05, 0) is 18.8 Å². The van der Waals surface area contributed by atoms with E-state index in [9.17, 15) is 30.3 Å². The van der Waals surface area contributed by atoms with Crippen LogP contribution in [0.25, 0.3) is 0 Å². The van der Waals surface area contributed by atoms with Crippen LogP contribution in [0.2, 0.25) is 0 Å². The van der Waals surface area contributed by atoms with Gasteiger partial charge in [0.25, 0.3) is 0 Å². The number of carbonyl (C=O) groups is 1. The summed E-state index contributed by atoms with van der Waals surface area (Å²) in [6.07, 6.45) is -5.10. The molecule has 142 valence electrons. The summed E-state index contributed by atoms with van der Waals surface area (Å²) in [6.45, 7) is 1.42.